The summed E-state index contributed by atoms with van der Waals surface area (Å²) in [6, 6.07) is 25.7. The first-order chi connectivity index (χ1) is 14.6. The van der Waals surface area contributed by atoms with Crippen LogP contribution in [0.25, 0.3) is 22.2 Å². The molecule has 0 aliphatic carbocycles. The Morgan fingerprint density at radius 3 is 2.43 bits per heavy atom. The highest BCUT2D eigenvalue weighted by molar-refractivity contribution is 9.10. The fourth-order valence-electron chi connectivity index (χ4n) is 3.47. The van der Waals surface area contributed by atoms with Gasteiger partial charge >= 0.3 is 0 Å². The molecule has 0 saturated heterocycles. The molecule has 150 valence electrons. The molecular formula is C26H23BrN2O. The molecule has 0 fully saturated rings. The molecule has 3 nitrogen and oxygen atoms in total. The second-order valence-corrected chi connectivity index (χ2v) is 8.25. The molecule has 3 aromatic carbocycles. The van der Waals surface area contributed by atoms with E-state index in [1.165, 1.54) is 18.4 Å². The molecule has 0 aliphatic heterocycles. The number of anilines is 1. The Bertz CT molecular complexity index is 1170. The zero-order valence-corrected chi connectivity index (χ0v) is 18.4. The van der Waals surface area contributed by atoms with Crippen molar-refractivity contribution in [3.8, 4) is 11.3 Å². The van der Waals surface area contributed by atoms with Crippen LogP contribution in [0.4, 0.5) is 5.69 Å². The minimum Gasteiger partial charge on any atom is -0.322 e. The standard InChI is InChI=1S/C26H23BrN2O/c1-2-3-6-18-9-15-21(16-10-18)28-26(30)23-17-25(19-11-13-20(27)14-12-19)29-24-8-5-4-7-22(23)24/h4-5,7-17H,2-3,6H2,1H3,(H,28,30). The van der Waals surface area contributed by atoms with Gasteiger partial charge in [-0.3, -0.25) is 4.79 Å². The summed E-state index contributed by atoms with van der Waals surface area (Å²) in [5.41, 5.74) is 5.26. The van der Waals surface area contributed by atoms with Gasteiger partial charge in [0.05, 0.1) is 16.8 Å². The van der Waals surface area contributed by atoms with Gasteiger partial charge in [-0.2, -0.15) is 0 Å². The Balaban J connectivity index is 1.66. The van der Waals surface area contributed by atoms with E-state index in [9.17, 15) is 4.79 Å². The molecule has 4 rings (SSSR count). The van der Waals surface area contributed by atoms with Crippen LogP contribution in [-0.2, 0) is 6.42 Å². The fraction of sp³-hybridized carbons (Fsp3) is 0.154. The minimum atomic E-state index is -0.131. The van der Waals surface area contributed by atoms with Crippen LogP contribution in [0.15, 0.2) is 83.3 Å². The Morgan fingerprint density at radius 1 is 0.967 bits per heavy atom. The first-order valence-electron chi connectivity index (χ1n) is 10.2. The Hall–Kier alpha value is -2.98. The molecule has 0 saturated carbocycles. The van der Waals surface area contributed by atoms with Crippen LogP contribution in [0.3, 0.4) is 0 Å². The van der Waals surface area contributed by atoms with Crippen LogP contribution in [0.1, 0.15) is 35.7 Å². The fourth-order valence-corrected chi connectivity index (χ4v) is 3.73. The van der Waals surface area contributed by atoms with Crippen molar-refractivity contribution >= 4 is 38.4 Å². The second-order valence-electron chi connectivity index (χ2n) is 7.33. The maximum atomic E-state index is 13.2. The Labute approximate surface area is 185 Å². The molecule has 0 spiro atoms. The van der Waals surface area contributed by atoms with Crippen molar-refractivity contribution in [1.29, 1.82) is 0 Å². The van der Waals surface area contributed by atoms with E-state index in [1.54, 1.807) is 0 Å². The van der Waals surface area contributed by atoms with E-state index in [0.717, 1.165) is 38.7 Å². The molecule has 1 N–H and O–H groups in total. The number of halogens is 1. The van der Waals surface area contributed by atoms with E-state index in [0.29, 0.717) is 5.56 Å². The van der Waals surface area contributed by atoms with Gasteiger partial charge in [0.1, 0.15) is 0 Å². The number of fused-ring (bicyclic) bond motifs is 1. The van der Waals surface area contributed by atoms with Crippen LogP contribution >= 0.6 is 15.9 Å². The van der Waals surface area contributed by atoms with E-state index in [4.69, 9.17) is 4.98 Å². The van der Waals surface area contributed by atoms with Gasteiger partial charge in [-0.25, -0.2) is 4.98 Å². The monoisotopic (exact) mass is 458 g/mol. The van der Waals surface area contributed by atoms with Crippen LogP contribution in [-0.4, -0.2) is 10.9 Å². The summed E-state index contributed by atoms with van der Waals surface area (Å²) in [6.45, 7) is 2.19. The third-order valence-electron chi connectivity index (χ3n) is 5.13. The van der Waals surface area contributed by atoms with Gasteiger partial charge in [-0.1, -0.05) is 71.7 Å². The molecule has 30 heavy (non-hydrogen) atoms. The molecule has 0 atom stereocenters. The van der Waals surface area contributed by atoms with E-state index in [-0.39, 0.29) is 5.91 Å². The van der Waals surface area contributed by atoms with Gasteiger partial charge in [0.15, 0.2) is 0 Å². The average molecular weight is 459 g/mol. The number of nitrogens with zero attached hydrogens (tertiary/aromatic N) is 1. The van der Waals surface area contributed by atoms with Crippen molar-refractivity contribution in [1.82, 2.24) is 4.98 Å². The van der Waals surface area contributed by atoms with Crippen molar-refractivity contribution in [2.24, 2.45) is 0 Å². The van der Waals surface area contributed by atoms with Crippen molar-refractivity contribution in [3.05, 3.63) is 94.5 Å². The molecule has 1 amide bonds. The van der Waals surface area contributed by atoms with Gasteiger partial charge in [0, 0.05) is 21.1 Å². The number of aromatic nitrogens is 1. The lowest BCUT2D eigenvalue weighted by Gasteiger charge is -2.11. The predicted molar refractivity (Wildman–Crippen MR) is 128 cm³/mol. The molecule has 0 aliphatic rings. The van der Waals surface area contributed by atoms with E-state index >= 15 is 0 Å². The average Bonchev–Trinajstić information content (AvgIpc) is 2.78. The van der Waals surface area contributed by atoms with Crippen LogP contribution < -0.4 is 5.32 Å². The number of nitrogens with one attached hydrogen (secondary N) is 1. The topological polar surface area (TPSA) is 42.0 Å². The summed E-state index contributed by atoms with van der Waals surface area (Å²) >= 11 is 3.47. The number of rotatable bonds is 6. The number of unbranched alkanes of at least 4 members (excludes halogenated alkanes) is 1. The summed E-state index contributed by atoms with van der Waals surface area (Å²) < 4.78 is 1.01. The van der Waals surface area contributed by atoms with E-state index < -0.39 is 0 Å². The molecule has 1 heterocycles. The molecule has 0 bridgehead atoms. The number of hydrogen-bond acceptors (Lipinski definition) is 2. The summed E-state index contributed by atoms with van der Waals surface area (Å²) in [5.74, 6) is -0.131. The van der Waals surface area contributed by atoms with Crippen LogP contribution in [0.2, 0.25) is 0 Å². The number of hydrogen-bond donors (Lipinski definition) is 1. The van der Waals surface area contributed by atoms with Crippen molar-refractivity contribution in [2.45, 2.75) is 26.2 Å². The largest absolute Gasteiger partial charge is 0.322 e. The summed E-state index contributed by atoms with van der Waals surface area (Å²) in [7, 11) is 0. The number of aryl methyl sites for hydroxylation is 1. The maximum absolute atomic E-state index is 13.2. The Kier molecular flexibility index (Phi) is 6.24. The summed E-state index contributed by atoms with van der Waals surface area (Å²) in [4.78, 5) is 17.9. The van der Waals surface area contributed by atoms with Crippen molar-refractivity contribution < 1.29 is 4.79 Å². The highest BCUT2D eigenvalue weighted by Crippen LogP contribution is 2.27. The van der Waals surface area contributed by atoms with E-state index in [2.05, 4.69) is 40.3 Å². The molecule has 0 radical (unpaired) electrons. The lowest BCUT2D eigenvalue weighted by atomic mass is 10.0. The van der Waals surface area contributed by atoms with Gasteiger partial charge in [-0.05, 0) is 54.8 Å². The van der Waals surface area contributed by atoms with E-state index in [1.807, 2.05) is 66.7 Å². The molecule has 0 unspecified atom stereocenters. The number of benzene rings is 3. The predicted octanol–water partition coefficient (Wildman–Crippen LogP) is 7.26. The van der Waals surface area contributed by atoms with Crippen LogP contribution in [0, 0.1) is 0 Å². The SMILES string of the molecule is CCCCc1ccc(NC(=O)c2cc(-c3ccc(Br)cc3)nc3ccccc23)cc1. The highest BCUT2D eigenvalue weighted by Gasteiger charge is 2.14. The van der Waals surface area contributed by atoms with Gasteiger partial charge in [0.25, 0.3) is 5.91 Å². The minimum absolute atomic E-state index is 0.131. The molecule has 4 aromatic rings. The van der Waals surface area contributed by atoms with Crippen molar-refractivity contribution in [2.75, 3.05) is 5.32 Å². The number of para-hydroxylation sites is 1. The van der Waals surface area contributed by atoms with Gasteiger partial charge in [0.2, 0.25) is 0 Å². The summed E-state index contributed by atoms with van der Waals surface area (Å²) in [6.07, 6.45) is 3.41. The lowest BCUT2D eigenvalue weighted by Crippen LogP contribution is -2.13. The van der Waals surface area contributed by atoms with Crippen LogP contribution in [0.5, 0.6) is 0 Å². The summed E-state index contributed by atoms with van der Waals surface area (Å²) in [5, 5.41) is 3.89. The first-order valence-corrected chi connectivity index (χ1v) is 11.0. The zero-order chi connectivity index (χ0) is 20.9. The maximum Gasteiger partial charge on any atom is 0.256 e. The number of carbonyl (C=O) groups excluding carboxylic acids is 1. The van der Waals surface area contributed by atoms with Crippen molar-refractivity contribution in [3.63, 3.8) is 0 Å². The molecular weight excluding hydrogens is 436 g/mol. The smallest absolute Gasteiger partial charge is 0.256 e. The normalized spacial score (nSPS) is 10.9. The molecule has 1 aromatic heterocycles. The molecule has 4 heteroatoms. The number of amides is 1. The third kappa shape index (κ3) is 4.60. The zero-order valence-electron chi connectivity index (χ0n) is 16.9. The quantitative estimate of drug-likeness (QED) is 0.330. The third-order valence-corrected chi connectivity index (χ3v) is 5.66. The lowest BCUT2D eigenvalue weighted by molar-refractivity contribution is 0.102. The second kappa shape index (κ2) is 9.23. The number of pyridine rings is 1. The highest BCUT2D eigenvalue weighted by atomic mass is 79.9. The first kappa shape index (κ1) is 20.3. The number of carbonyl (C=O) groups is 1. The Morgan fingerprint density at radius 2 is 1.70 bits per heavy atom. The van der Waals surface area contributed by atoms with Gasteiger partial charge < -0.3 is 5.32 Å². The van der Waals surface area contributed by atoms with Gasteiger partial charge in [-0.15, -0.1) is 0 Å².